The highest BCUT2D eigenvalue weighted by Crippen LogP contribution is 2.39. The van der Waals surface area contributed by atoms with Gasteiger partial charge in [-0.15, -0.1) is 0 Å². The lowest BCUT2D eigenvalue weighted by molar-refractivity contribution is -0.116. The van der Waals surface area contributed by atoms with E-state index in [1.807, 2.05) is 0 Å². The van der Waals surface area contributed by atoms with Crippen LogP contribution in [0.5, 0.6) is 0 Å². The maximum atomic E-state index is 11.4. The fourth-order valence-corrected chi connectivity index (χ4v) is 2.61. The molecule has 0 bridgehead atoms. The molecule has 1 saturated heterocycles. The van der Waals surface area contributed by atoms with Crippen molar-refractivity contribution in [1.82, 2.24) is 4.31 Å². The van der Waals surface area contributed by atoms with Gasteiger partial charge in [0.1, 0.15) is 18.3 Å². The summed E-state index contributed by atoms with van der Waals surface area (Å²) in [5, 5.41) is 21.1. The first-order valence-electron chi connectivity index (χ1n) is 4.58. The number of ether oxygens (including phenoxy) is 1. The molecule has 2 aliphatic heterocycles. The molecule has 0 aromatic rings. The maximum Gasteiger partial charge on any atom is 0.189 e. The molecule has 0 saturated carbocycles. The predicted octanol–water partition coefficient (Wildman–Crippen LogP) is -0.623. The van der Waals surface area contributed by atoms with Crippen LogP contribution in [-0.4, -0.2) is 44.8 Å². The van der Waals surface area contributed by atoms with Crippen molar-refractivity contribution in [3.05, 3.63) is 23.3 Å². The van der Waals surface area contributed by atoms with Gasteiger partial charge in [-0.2, -0.15) is 0 Å². The van der Waals surface area contributed by atoms with Crippen LogP contribution in [0.15, 0.2) is 23.3 Å². The van der Waals surface area contributed by atoms with Crippen LogP contribution >= 0.6 is 11.9 Å². The topological polar surface area (TPSA) is 73.3 Å². The van der Waals surface area contributed by atoms with Crippen LogP contribution in [0.3, 0.4) is 0 Å². The summed E-state index contributed by atoms with van der Waals surface area (Å²) >= 11 is 1.25. The van der Waals surface area contributed by atoms with Crippen LogP contribution in [0.1, 0.15) is 0 Å². The van der Waals surface area contributed by atoms with Crippen molar-refractivity contribution in [2.45, 2.75) is 24.5 Å². The Labute approximate surface area is 90.1 Å². The van der Waals surface area contributed by atoms with Crippen LogP contribution in [-0.2, 0) is 9.53 Å². The fraction of sp³-hybridized carbons (Fsp3) is 0.444. The summed E-state index contributed by atoms with van der Waals surface area (Å²) < 4.78 is 6.54. The van der Waals surface area contributed by atoms with Crippen molar-refractivity contribution in [2.75, 3.05) is 0 Å². The van der Waals surface area contributed by atoms with Gasteiger partial charge in [0.2, 0.25) is 0 Å². The van der Waals surface area contributed by atoms with E-state index >= 15 is 0 Å². The molecule has 0 amide bonds. The van der Waals surface area contributed by atoms with Gasteiger partial charge in [-0.25, -0.2) is 0 Å². The third-order valence-electron chi connectivity index (χ3n) is 2.63. The summed E-state index contributed by atoms with van der Waals surface area (Å²) in [6, 6.07) is 0. The largest absolute Gasteiger partial charge is 0.384 e. The van der Waals surface area contributed by atoms with E-state index in [1.54, 1.807) is 11.5 Å². The average Bonchev–Trinajstić information content (AvgIpc) is 2.91. The highest BCUT2D eigenvalue weighted by molar-refractivity contribution is 8.00. The molecule has 0 spiro atoms. The predicted molar refractivity (Wildman–Crippen MR) is 52.3 cm³/mol. The van der Waals surface area contributed by atoms with Gasteiger partial charge in [-0.05, 0) is 23.4 Å². The van der Waals surface area contributed by atoms with E-state index in [1.165, 1.54) is 22.3 Å². The Morgan fingerprint density at radius 2 is 2.27 bits per heavy atom. The molecule has 0 aromatic heterocycles. The lowest BCUT2D eigenvalue weighted by Gasteiger charge is -2.27. The zero-order valence-electron chi connectivity index (χ0n) is 7.61. The molecular weight excluding hydrogens is 218 g/mol. The second kappa shape index (κ2) is 3.08. The number of nitrogens with zero attached hydrogens (tertiary/aromatic N) is 1. The molecule has 1 fully saturated rings. The summed E-state index contributed by atoms with van der Waals surface area (Å²) in [5.41, 5.74) is 0.418. The summed E-state index contributed by atoms with van der Waals surface area (Å²) in [4.78, 5) is 11.4. The number of epoxide rings is 1. The van der Waals surface area contributed by atoms with E-state index in [0.717, 1.165) is 0 Å². The number of fused-ring (bicyclic) bond motifs is 1. The van der Waals surface area contributed by atoms with Crippen molar-refractivity contribution in [3.63, 3.8) is 0 Å². The Morgan fingerprint density at radius 3 is 2.93 bits per heavy atom. The monoisotopic (exact) mass is 227 g/mol. The Hall–Kier alpha value is -0.820. The van der Waals surface area contributed by atoms with Crippen molar-refractivity contribution < 1.29 is 19.7 Å². The maximum absolute atomic E-state index is 11.4. The van der Waals surface area contributed by atoms with E-state index in [0.29, 0.717) is 5.70 Å². The van der Waals surface area contributed by atoms with E-state index < -0.39 is 24.5 Å². The SMILES string of the molecule is O=C1C=C(N2SC=CC2O)C(O)C2OC12. The molecule has 80 valence electrons. The lowest BCUT2D eigenvalue weighted by atomic mass is 10.0. The van der Waals surface area contributed by atoms with Crippen molar-refractivity contribution in [2.24, 2.45) is 0 Å². The standard InChI is InChI=1S/C9H9NO4S/c11-5-3-4(7(13)9-8(5)14-9)10-6(12)1-2-15-10/h1-3,6-9,12-13H. The van der Waals surface area contributed by atoms with Crippen LogP contribution < -0.4 is 0 Å². The van der Waals surface area contributed by atoms with Gasteiger partial charge in [0, 0.05) is 6.08 Å². The van der Waals surface area contributed by atoms with E-state index in [-0.39, 0.29) is 5.78 Å². The number of hydrogen-bond acceptors (Lipinski definition) is 6. The normalized spacial score (nSPS) is 42.9. The first-order valence-corrected chi connectivity index (χ1v) is 5.42. The van der Waals surface area contributed by atoms with Crippen LogP contribution in [0.2, 0.25) is 0 Å². The summed E-state index contributed by atoms with van der Waals surface area (Å²) in [6.45, 7) is 0. The number of aliphatic hydroxyl groups excluding tert-OH is 2. The van der Waals surface area contributed by atoms with E-state index in [9.17, 15) is 15.0 Å². The minimum atomic E-state index is -0.824. The van der Waals surface area contributed by atoms with Crippen molar-refractivity contribution >= 4 is 17.7 Å². The van der Waals surface area contributed by atoms with Gasteiger partial charge in [-0.1, -0.05) is 0 Å². The Balaban J connectivity index is 1.88. The number of rotatable bonds is 1. The highest BCUT2D eigenvalue weighted by atomic mass is 32.2. The summed E-state index contributed by atoms with van der Waals surface area (Å²) in [5.74, 6) is -0.139. The zero-order valence-corrected chi connectivity index (χ0v) is 8.42. The quantitative estimate of drug-likeness (QED) is 0.459. The average molecular weight is 227 g/mol. The Morgan fingerprint density at radius 1 is 1.47 bits per heavy atom. The van der Waals surface area contributed by atoms with Gasteiger partial charge < -0.3 is 14.9 Å². The Bertz CT molecular complexity index is 380. The molecule has 4 atom stereocenters. The van der Waals surface area contributed by atoms with Gasteiger partial charge in [0.25, 0.3) is 0 Å². The molecule has 4 unspecified atom stereocenters. The van der Waals surface area contributed by atoms with Crippen LogP contribution in [0.25, 0.3) is 0 Å². The molecule has 15 heavy (non-hydrogen) atoms. The van der Waals surface area contributed by atoms with Crippen LogP contribution in [0.4, 0.5) is 0 Å². The molecule has 2 heterocycles. The minimum Gasteiger partial charge on any atom is -0.384 e. The van der Waals surface area contributed by atoms with Gasteiger partial charge in [-0.3, -0.25) is 9.10 Å². The minimum absolute atomic E-state index is 0.139. The second-order valence-corrected chi connectivity index (χ2v) is 4.49. The molecule has 6 heteroatoms. The number of aliphatic hydroxyl groups is 2. The zero-order chi connectivity index (χ0) is 10.6. The lowest BCUT2D eigenvalue weighted by Crippen LogP contribution is -2.37. The van der Waals surface area contributed by atoms with Crippen LogP contribution in [0, 0.1) is 0 Å². The molecule has 1 aliphatic carbocycles. The molecule has 3 rings (SSSR count). The fourth-order valence-electron chi connectivity index (χ4n) is 1.79. The molecule has 3 aliphatic rings. The van der Waals surface area contributed by atoms with Crippen molar-refractivity contribution in [1.29, 1.82) is 0 Å². The van der Waals surface area contributed by atoms with E-state index in [2.05, 4.69) is 0 Å². The Kier molecular flexibility index (Phi) is 1.93. The molecule has 0 aromatic carbocycles. The molecule has 0 radical (unpaired) electrons. The first kappa shape index (κ1) is 9.41. The number of carbonyl (C=O) groups excluding carboxylic acids is 1. The van der Waals surface area contributed by atoms with E-state index in [4.69, 9.17) is 4.74 Å². The highest BCUT2D eigenvalue weighted by Gasteiger charge is 2.54. The molecule has 5 nitrogen and oxygen atoms in total. The van der Waals surface area contributed by atoms with Gasteiger partial charge in [0.05, 0.1) is 5.70 Å². The molecular formula is C9H9NO4S. The van der Waals surface area contributed by atoms with Gasteiger partial charge >= 0.3 is 0 Å². The number of carbonyl (C=O) groups is 1. The van der Waals surface area contributed by atoms with Crippen molar-refractivity contribution in [3.8, 4) is 0 Å². The number of hydrogen-bond donors (Lipinski definition) is 2. The first-order chi connectivity index (χ1) is 7.18. The third kappa shape index (κ3) is 1.33. The summed E-state index contributed by atoms with van der Waals surface area (Å²) in [7, 11) is 0. The second-order valence-electron chi connectivity index (χ2n) is 3.61. The third-order valence-corrected chi connectivity index (χ3v) is 3.56. The molecule has 2 N–H and O–H groups in total. The smallest absolute Gasteiger partial charge is 0.189 e. The summed E-state index contributed by atoms with van der Waals surface area (Å²) in [6.07, 6.45) is 0.422. The number of ketones is 1. The van der Waals surface area contributed by atoms with Gasteiger partial charge in [0.15, 0.2) is 12.0 Å².